The molecule has 0 bridgehead atoms. The van der Waals surface area contributed by atoms with Gasteiger partial charge >= 0.3 is 0 Å². The van der Waals surface area contributed by atoms with Crippen LogP contribution < -0.4 is 15.0 Å². The van der Waals surface area contributed by atoms with Crippen LogP contribution in [0.3, 0.4) is 0 Å². The van der Waals surface area contributed by atoms with E-state index in [9.17, 15) is 4.79 Å². The summed E-state index contributed by atoms with van der Waals surface area (Å²) >= 11 is 1.98. The monoisotopic (exact) mass is 306 g/mol. The molecule has 0 unspecified atom stereocenters. The van der Waals surface area contributed by atoms with Gasteiger partial charge in [-0.05, 0) is 37.1 Å². The number of nitrogens with one attached hydrogen (secondary N) is 1. The van der Waals surface area contributed by atoms with E-state index in [2.05, 4.69) is 5.32 Å². The number of para-hydroxylation sites is 2. The molecule has 2 aliphatic rings. The summed E-state index contributed by atoms with van der Waals surface area (Å²) in [5.41, 5.74) is 0.882. The first-order chi connectivity index (χ1) is 10.3. The van der Waals surface area contributed by atoms with Gasteiger partial charge in [0.2, 0.25) is 5.91 Å². The Balaban J connectivity index is 1.68. The molecular weight excluding hydrogens is 284 g/mol. The fourth-order valence-electron chi connectivity index (χ4n) is 3.08. The third kappa shape index (κ3) is 3.19. The molecule has 114 valence electrons. The number of hydrogen-bond acceptors (Lipinski definition) is 4. The molecule has 1 amide bonds. The van der Waals surface area contributed by atoms with E-state index >= 15 is 0 Å². The van der Waals surface area contributed by atoms with Crippen LogP contribution in [0.1, 0.15) is 19.3 Å². The minimum atomic E-state index is -0.0430. The lowest BCUT2D eigenvalue weighted by atomic mass is 10.1. The Hall–Kier alpha value is -1.20. The Kier molecular flexibility index (Phi) is 4.70. The Morgan fingerprint density at radius 3 is 2.95 bits per heavy atom. The van der Waals surface area contributed by atoms with Crippen molar-refractivity contribution in [1.29, 1.82) is 0 Å². The maximum absolute atomic E-state index is 12.6. The molecule has 1 aromatic rings. The highest BCUT2D eigenvalue weighted by atomic mass is 32.2. The van der Waals surface area contributed by atoms with Crippen LogP contribution in [0.4, 0.5) is 5.69 Å². The largest absolute Gasteiger partial charge is 0.495 e. The number of methoxy groups -OCH3 is 1. The normalized spacial score (nSPS) is 26.1. The van der Waals surface area contributed by atoms with Gasteiger partial charge in [0.1, 0.15) is 5.75 Å². The van der Waals surface area contributed by atoms with Gasteiger partial charge in [0.25, 0.3) is 0 Å². The first kappa shape index (κ1) is 14.7. The standard InChI is InChI=1S/C16H22N2O2S/c1-20-15-7-3-2-6-14(15)18-9-8-13(16(18)19)17-12-5-4-10-21-11-12/h2-3,6-7,12-13,17H,4-5,8-11H2,1H3/t12-,13+/m0/s1. The summed E-state index contributed by atoms with van der Waals surface area (Å²) in [7, 11) is 1.65. The summed E-state index contributed by atoms with van der Waals surface area (Å²) in [5, 5.41) is 3.55. The first-order valence-corrected chi connectivity index (χ1v) is 8.73. The number of carbonyl (C=O) groups is 1. The minimum absolute atomic E-state index is 0.0430. The molecule has 0 spiro atoms. The van der Waals surface area contributed by atoms with Crippen molar-refractivity contribution in [2.75, 3.05) is 30.1 Å². The molecule has 4 nitrogen and oxygen atoms in total. The number of carbonyl (C=O) groups excluding carboxylic acids is 1. The Bertz CT molecular complexity index is 503. The molecule has 0 saturated carbocycles. The molecule has 5 heteroatoms. The van der Waals surface area contributed by atoms with Gasteiger partial charge in [-0.15, -0.1) is 0 Å². The van der Waals surface area contributed by atoms with Gasteiger partial charge in [-0.2, -0.15) is 11.8 Å². The minimum Gasteiger partial charge on any atom is -0.495 e. The van der Waals surface area contributed by atoms with E-state index in [0.29, 0.717) is 6.04 Å². The molecule has 0 radical (unpaired) electrons. The lowest BCUT2D eigenvalue weighted by molar-refractivity contribution is -0.119. The molecule has 1 aromatic carbocycles. The number of ether oxygens (including phenoxy) is 1. The van der Waals surface area contributed by atoms with Gasteiger partial charge in [0.05, 0.1) is 18.8 Å². The van der Waals surface area contributed by atoms with Gasteiger partial charge in [-0.1, -0.05) is 12.1 Å². The number of anilines is 1. The molecule has 3 rings (SSSR count). The predicted octanol–water partition coefficient (Wildman–Crippen LogP) is 2.29. The van der Waals surface area contributed by atoms with Crippen LogP contribution in [0.15, 0.2) is 24.3 Å². The second kappa shape index (κ2) is 6.71. The van der Waals surface area contributed by atoms with Crippen molar-refractivity contribution in [3.8, 4) is 5.75 Å². The Labute approximate surface area is 130 Å². The van der Waals surface area contributed by atoms with Crippen molar-refractivity contribution in [2.24, 2.45) is 0 Å². The molecule has 0 aliphatic carbocycles. The zero-order chi connectivity index (χ0) is 14.7. The predicted molar refractivity (Wildman–Crippen MR) is 87.2 cm³/mol. The van der Waals surface area contributed by atoms with Crippen LogP contribution in [0.25, 0.3) is 0 Å². The highest BCUT2D eigenvalue weighted by molar-refractivity contribution is 7.99. The molecule has 2 atom stereocenters. The van der Waals surface area contributed by atoms with E-state index in [1.165, 1.54) is 18.6 Å². The van der Waals surface area contributed by atoms with E-state index in [1.54, 1.807) is 7.11 Å². The highest BCUT2D eigenvalue weighted by Crippen LogP contribution is 2.31. The van der Waals surface area contributed by atoms with E-state index < -0.39 is 0 Å². The summed E-state index contributed by atoms with van der Waals surface area (Å²) < 4.78 is 5.37. The third-order valence-electron chi connectivity index (χ3n) is 4.18. The maximum atomic E-state index is 12.6. The quantitative estimate of drug-likeness (QED) is 0.927. The first-order valence-electron chi connectivity index (χ1n) is 7.58. The fraction of sp³-hybridized carbons (Fsp3) is 0.562. The summed E-state index contributed by atoms with van der Waals surface area (Å²) in [5.74, 6) is 3.32. The van der Waals surface area contributed by atoms with E-state index in [4.69, 9.17) is 4.74 Å². The van der Waals surface area contributed by atoms with Gasteiger partial charge in [-0.3, -0.25) is 4.79 Å². The zero-order valence-corrected chi connectivity index (χ0v) is 13.2. The van der Waals surface area contributed by atoms with E-state index in [0.717, 1.165) is 30.2 Å². The van der Waals surface area contributed by atoms with Crippen LogP contribution in [0.5, 0.6) is 5.75 Å². The molecule has 2 heterocycles. The number of hydrogen-bond donors (Lipinski definition) is 1. The molecule has 21 heavy (non-hydrogen) atoms. The molecule has 2 fully saturated rings. The molecule has 0 aromatic heterocycles. The maximum Gasteiger partial charge on any atom is 0.244 e. The van der Waals surface area contributed by atoms with Crippen molar-refractivity contribution in [2.45, 2.75) is 31.3 Å². The van der Waals surface area contributed by atoms with Crippen molar-refractivity contribution in [3.63, 3.8) is 0 Å². The molecular formula is C16H22N2O2S. The lowest BCUT2D eigenvalue weighted by Gasteiger charge is -2.26. The Morgan fingerprint density at radius 1 is 1.33 bits per heavy atom. The number of nitrogens with zero attached hydrogens (tertiary/aromatic N) is 1. The zero-order valence-electron chi connectivity index (χ0n) is 12.4. The van der Waals surface area contributed by atoms with Gasteiger partial charge < -0.3 is 15.0 Å². The van der Waals surface area contributed by atoms with Gasteiger partial charge in [-0.25, -0.2) is 0 Å². The van der Waals surface area contributed by atoms with Crippen LogP contribution in [-0.2, 0) is 4.79 Å². The third-order valence-corrected chi connectivity index (χ3v) is 5.39. The van der Waals surface area contributed by atoms with Crippen LogP contribution in [0.2, 0.25) is 0 Å². The van der Waals surface area contributed by atoms with Crippen LogP contribution >= 0.6 is 11.8 Å². The molecule has 2 aliphatic heterocycles. The van der Waals surface area contributed by atoms with Crippen molar-refractivity contribution in [3.05, 3.63) is 24.3 Å². The summed E-state index contributed by atoms with van der Waals surface area (Å²) in [6.07, 6.45) is 3.31. The summed E-state index contributed by atoms with van der Waals surface area (Å²) in [4.78, 5) is 14.5. The van der Waals surface area contributed by atoms with Crippen molar-refractivity contribution < 1.29 is 9.53 Å². The average molecular weight is 306 g/mol. The molecule has 1 N–H and O–H groups in total. The number of benzene rings is 1. The van der Waals surface area contributed by atoms with Crippen molar-refractivity contribution >= 4 is 23.4 Å². The highest BCUT2D eigenvalue weighted by Gasteiger charge is 2.35. The fourth-order valence-corrected chi connectivity index (χ4v) is 4.17. The lowest BCUT2D eigenvalue weighted by Crippen LogP contribution is -2.45. The Morgan fingerprint density at radius 2 is 2.19 bits per heavy atom. The number of rotatable bonds is 4. The van der Waals surface area contributed by atoms with E-state index in [-0.39, 0.29) is 11.9 Å². The van der Waals surface area contributed by atoms with Gasteiger partial charge in [0, 0.05) is 18.3 Å². The van der Waals surface area contributed by atoms with Crippen molar-refractivity contribution in [1.82, 2.24) is 5.32 Å². The van der Waals surface area contributed by atoms with Gasteiger partial charge in [0.15, 0.2) is 0 Å². The van der Waals surface area contributed by atoms with E-state index in [1.807, 2.05) is 40.9 Å². The number of thioether (sulfide) groups is 1. The summed E-state index contributed by atoms with van der Waals surface area (Å²) in [6.45, 7) is 0.761. The average Bonchev–Trinajstić information content (AvgIpc) is 2.89. The van der Waals surface area contributed by atoms with Crippen LogP contribution in [0, 0.1) is 0 Å². The number of amides is 1. The second-order valence-corrected chi connectivity index (χ2v) is 6.73. The SMILES string of the molecule is COc1ccccc1N1CC[C@@H](N[C@H]2CCCSC2)C1=O. The smallest absolute Gasteiger partial charge is 0.244 e. The summed E-state index contributed by atoms with van der Waals surface area (Å²) in [6, 6.07) is 8.17. The second-order valence-electron chi connectivity index (χ2n) is 5.58. The topological polar surface area (TPSA) is 41.6 Å². The van der Waals surface area contributed by atoms with Crippen LogP contribution in [-0.4, -0.2) is 43.2 Å². The molecule has 2 saturated heterocycles.